The molecule has 1 N–H and O–H groups in total. The maximum Gasteiger partial charge on any atom is 0.317 e. The molecule has 5 heteroatoms. The third kappa shape index (κ3) is 4.55. The molecule has 0 aromatic heterocycles. The molecule has 18 heavy (non-hydrogen) atoms. The van der Waals surface area contributed by atoms with Crippen LogP contribution in [0.3, 0.4) is 0 Å². The van der Waals surface area contributed by atoms with Crippen molar-refractivity contribution in [3.63, 3.8) is 0 Å². The van der Waals surface area contributed by atoms with E-state index in [0.717, 1.165) is 32.7 Å². The lowest BCUT2D eigenvalue weighted by Gasteiger charge is -2.31. The number of piperidine rings is 1. The van der Waals surface area contributed by atoms with Gasteiger partial charge in [-0.05, 0) is 32.4 Å². The second kappa shape index (κ2) is 7.07. The van der Waals surface area contributed by atoms with E-state index < -0.39 is 5.97 Å². The van der Waals surface area contributed by atoms with Gasteiger partial charge in [0.05, 0.1) is 12.6 Å². The molecule has 2 aliphatic heterocycles. The fraction of sp³-hybridized carbons (Fsp3) is 0.923. The molecule has 0 amide bonds. The van der Waals surface area contributed by atoms with E-state index in [4.69, 9.17) is 9.84 Å². The van der Waals surface area contributed by atoms with E-state index >= 15 is 0 Å². The summed E-state index contributed by atoms with van der Waals surface area (Å²) in [6, 6.07) is 0. The summed E-state index contributed by atoms with van der Waals surface area (Å²) in [7, 11) is 0. The third-order valence-corrected chi connectivity index (χ3v) is 3.70. The molecule has 0 unspecified atom stereocenters. The Morgan fingerprint density at radius 2 is 1.83 bits per heavy atom. The molecule has 104 valence electrons. The van der Waals surface area contributed by atoms with Gasteiger partial charge in [0.25, 0.3) is 0 Å². The van der Waals surface area contributed by atoms with Gasteiger partial charge in [-0.3, -0.25) is 9.69 Å². The quantitative estimate of drug-likeness (QED) is 0.800. The molecule has 5 nitrogen and oxygen atoms in total. The lowest BCUT2D eigenvalue weighted by Crippen LogP contribution is -2.43. The lowest BCUT2D eigenvalue weighted by atomic mass is 10.1. The molecular weight excluding hydrogens is 232 g/mol. The highest BCUT2D eigenvalue weighted by Gasteiger charge is 2.23. The molecule has 0 radical (unpaired) electrons. The number of rotatable bonds is 4. The zero-order valence-corrected chi connectivity index (χ0v) is 11.0. The standard InChI is InChI=1S/C13H24N2O3/c16-13(17)11-15-7-4-8-18-12(10-15)9-14-5-2-1-3-6-14/h12H,1-11H2,(H,16,17)/t12-/m0/s1. The fourth-order valence-electron chi connectivity index (χ4n) is 2.85. The van der Waals surface area contributed by atoms with Crippen LogP contribution in [0.25, 0.3) is 0 Å². The number of aliphatic carboxylic acids is 1. The monoisotopic (exact) mass is 256 g/mol. The first-order chi connectivity index (χ1) is 8.74. The van der Waals surface area contributed by atoms with Crippen molar-refractivity contribution in [1.82, 2.24) is 9.80 Å². The van der Waals surface area contributed by atoms with Gasteiger partial charge in [0.2, 0.25) is 0 Å². The van der Waals surface area contributed by atoms with Crippen LogP contribution in [0.5, 0.6) is 0 Å². The average molecular weight is 256 g/mol. The Hall–Kier alpha value is -0.650. The number of hydrogen-bond donors (Lipinski definition) is 1. The highest BCUT2D eigenvalue weighted by atomic mass is 16.5. The van der Waals surface area contributed by atoms with Crippen molar-refractivity contribution in [2.24, 2.45) is 0 Å². The summed E-state index contributed by atoms with van der Waals surface area (Å²) in [5.41, 5.74) is 0. The lowest BCUT2D eigenvalue weighted by molar-refractivity contribution is -0.138. The summed E-state index contributed by atoms with van der Waals surface area (Å²) in [4.78, 5) is 15.2. The van der Waals surface area contributed by atoms with E-state index in [1.165, 1.54) is 32.4 Å². The van der Waals surface area contributed by atoms with E-state index in [9.17, 15) is 4.79 Å². The molecule has 2 heterocycles. The maximum absolute atomic E-state index is 10.8. The Bertz CT molecular complexity index is 267. The SMILES string of the molecule is O=C(O)CN1CCCO[C@@H](CN2CCCCC2)C1. The highest BCUT2D eigenvalue weighted by Crippen LogP contribution is 2.12. The van der Waals surface area contributed by atoms with Crippen LogP contribution in [0.1, 0.15) is 25.7 Å². The average Bonchev–Trinajstić information content (AvgIpc) is 2.55. The zero-order chi connectivity index (χ0) is 12.8. The van der Waals surface area contributed by atoms with Crippen LogP contribution in [-0.4, -0.2) is 72.9 Å². The number of nitrogens with zero attached hydrogens (tertiary/aromatic N) is 2. The molecule has 1 atom stereocenters. The van der Waals surface area contributed by atoms with E-state index in [1.54, 1.807) is 0 Å². The van der Waals surface area contributed by atoms with Crippen LogP contribution >= 0.6 is 0 Å². The minimum absolute atomic E-state index is 0.139. The van der Waals surface area contributed by atoms with Gasteiger partial charge >= 0.3 is 5.97 Å². The van der Waals surface area contributed by atoms with Gasteiger partial charge in [0.1, 0.15) is 0 Å². The van der Waals surface area contributed by atoms with Crippen molar-refractivity contribution in [2.75, 3.05) is 45.9 Å². The van der Waals surface area contributed by atoms with E-state index in [1.807, 2.05) is 4.90 Å². The molecule has 2 saturated heterocycles. The van der Waals surface area contributed by atoms with Crippen LogP contribution in [0, 0.1) is 0 Å². The molecule has 2 fully saturated rings. The number of carboxylic acid groups (broad SMARTS) is 1. The van der Waals surface area contributed by atoms with Crippen molar-refractivity contribution in [2.45, 2.75) is 31.8 Å². The second-order valence-electron chi connectivity index (χ2n) is 5.34. The van der Waals surface area contributed by atoms with Gasteiger partial charge in [0.15, 0.2) is 0 Å². The van der Waals surface area contributed by atoms with Gasteiger partial charge in [-0.25, -0.2) is 0 Å². The normalized spacial score (nSPS) is 27.9. The van der Waals surface area contributed by atoms with Crippen molar-refractivity contribution in [3.05, 3.63) is 0 Å². The van der Waals surface area contributed by atoms with E-state index in [2.05, 4.69) is 4.90 Å². The molecule has 0 bridgehead atoms. The Labute approximate surface area is 109 Å². The number of carbonyl (C=O) groups is 1. The van der Waals surface area contributed by atoms with Crippen molar-refractivity contribution in [1.29, 1.82) is 0 Å². The van der Waals surface area contributed by atoms with E-state index in [0.29, 0.717) is 0 Å². The smallest absolute Gasteiger partial charge is 0.317 e. The first-order valence-corrected chi connectivity index (χ1v) is 7.02. The van der Waals surface area contributed by atoms with Gasteiger partial charge in [0, 0.05) is 26.2 Å². The Morgan fingerprint density at radius 1 is 1.11 bits per heavy atom. The highest BCUT2D eigenvalue weighted by molar-refractivity contribution is 5.69. The predicted octanol–water partition coefficient (Wildman–Crippen LogP) is 0.648. The summed E-state index contributed by atoms with van der Waals surface area (Å²) in [5, 5.41) is 8.87. The Morgan fingerprint density at radius 3 is 2.56 bits per heavy atom. The molecule has 0 spiro atoms. The third-order valence-electron chi connectivity index (χ3n) is 3.70. The van der Waals surface area contributed by atoms with Gasteiger partial charge in [-0.15, -0.1) is 0 Å². The van der Waals surface area contributed by atoms with Gasteiger partial charge in [-0.1, -0.05) is 6.42 Å². The Balaban J connectivity index is 1.80. The molecule has 0 aliphatic carbocycles. The topological polar surface area (TPSA) is 53.0 Å². The van der Waals surface area contributed by atoms with Crippen LogP contribution < -0.4 is 0 Å². The first-order valence-electron chi connectivity index (χ1n) is 7.02. The summed E-state index contributed by atoms with van der Waals surface area (Å²) >= 11 is 0. The van der Waals surface area contributed by atoms with Crippen molar-refractivity contribution < 1.29 is 14.6 Å². The molecule has 2 rings (SSSR count). The summed E-state index contributed by atoms with van der Waals surface area (Å²) in [6.45, 7) is 5.77. The number of hydrogen-bond acceptors (Lipinski definition) is 4. The molecule has 0 aromatic rings. The maximum atomic E-state index is 10.8. The van der Waals surface area contributed by atoms with Crippen molar-refractivity contribution >= 4 is 5.97 Å². The minimum Gasteiger partial charge on any atom is -0.480 e. The second-order valence-corrected chi connectivity index (χ2v) is 5.34. The van der Waals surface area contributed by atoms with Crippen molar-refractivity contribution in [3.8, 4) is 0 Å². The van der Waals surface area contributed by atoms with Crippen LogP contribution in [0.2, 0.25) is 0 Å². The summed E-state index contributed by atoms with van der Waals surface area (Å²) in [6.07, 6.45) is 5.01. The van der Waals surface area contributed by atoms with Gasteiger partial charge < -0.3 is 14.7 Å². The molecule has 0 saturated carbocycles. The number of likely N-dealkylation sites (tertiary alicyclic amines) is 1. The fourth-order valence-corrected chi connectivity index (χ4v) is 2.85. The van der Waals surface area contributed by atoms with Crippen LogP contribution in [-0.2, 0) is 9.53 Å². The largest absolute Gasteiger partial charge is 0.480 e. The summed E-state index contributed by atoms with van der Waals surface area (Å²) < 4.78 is 5.84. The predicted molar refractivity (Wildman–Crippen MR) is 68.7 cm³/mol. The summed E-state index contributed by atoms with van der Waals surface area (Å²) in [5.74, 6) is -0.742. The van der Waals surface area contributed by atoms with Crippen LogP contribution in [0.15, 0.2) is 0 Å². The molecule has 0 aromatic carbocycles. The van der Waals surface area contributed by atoms with Crippen LogP contribution in [0.4, 0.5) is 0 Å². The number of ether oxygens (including phenoxy) is 1. The van der Waals surface area contributed by atoms with Gasteiger partial charge in [-0.2, -0.15) is 0 Å². The zero-order valence-electron chi connectivity index (χ0n) is 11.0. The molecular formula is C13H24N2O3. The molecule has 2 aliphatic rings. The minimum atomic E-state index is -0.742. The van der Waals surface area contributed by atoms with E-state index in [-0.39, 0.29) is 12.6 Å². The Kier molecular flexibility index (Phi) is 5.41. The number of carboxylic acids is 1. The first kappa shape index (κ1) is 13.8.